The predicted octanol–water partition coefficient (Wildman–Crippen LogP) is 1.32. The van der Waals surface area contributed by atoms with Crippen LogP contribution in [-0.4, -0.2) is 25.6 Å². The summed E-state index contributed by atoms with van der Waals surface area (Å²) in [5.74, 6) is -0.870. The van der Waals surface area contributed by atoms with Gasteiger partial charge in [-0.1, -0.05) is 0 Å². The average Bonchev–Trinajstić information content (AvgIpc) is 2.81. The Bertz CT molecular complexity index is 662. The Morgan fingerprint density at radius 2 is 2.21 bits per heavy atom. The second-order valence-electron chi connectivity index (χ2n) is 4.09. The minimum atomic E-state index is -0.870. The molecule has 0 aliphatic heterocycles. The van der Waals surface area contributed by atoms with Crippen LogP contribution in [0.5, 0.6) is 0 Å². The van der Waals surface area contributed by atoms with E-state index < -0.39 is 5.97 Å². The zero-order valence-corrected chi connectivity index (χ0v) is 11.4. The summed E-state index contributed by atoms with van der Waals surface area (Å²) in [5, 5.41) is 11.1. The summed E-state index contributed by atoms with van der Waals surface area (Å²) in [6.07, 6.45) is 1.98. The number of carboxylic acid groups (broad SMARTS) is 1. The lowest BCUT2D eigenvalue weighted by molar-refractivity contribution is -0.136. The van der Waals surface area contributed by atoms with Crippen molar-refractivity contribution in [1.29, 1.82) is 0 Å². The fourth-order valence-electron chi connectivity index (χ4n) is 1.95. The van der Waals surface area contributed by atoms with Gasteiger partial charge in [-0.2, -0.15) is 4.98 Å². The van der Waals surface area contributed by atoms with Crippen LogP contribution in [0.4, 0.5) is 0 Å². The molecule has 0 saturated heterocycles. The van der Waals surface area contributed by atoms with Gasteiger partial charge in [0.1, 0.15) is 0 Å². The number of hydrogen-bond donors (Lipinski definition) is 1. The van der Waals surface area contributed by atoms with Crippen molar-refractivity contribution in [2.24, 2.45) is 0 Å². The molecule has 100 valence electrons. The molecule has 2 aromatic rings. The minimum absolute atomic E-state index is 0.0133. The maximum atomic E-state index is 12.0. The van der Waals surface area contributed by atoms with Crippen LogP contribution in [0.25, 0.3) is 5.13 Å². The molecular formula is C12H13N3O3S. The van der Waals surface area contributed by atoms with E-state index in [1.807, 2.05) is 0 Å². The lowest BCUT2D eigenvalue weighted by Crippen LogP contribution is -2.26. The quantitative estimate of drug-likeness (QED) is 0.912. The Morgan fingerprint density at radius 3 is 2.79 bits per heavy atom. The second kappa shape index (κ2) is 5.31. The molecule has 0 aliphatic carbocycles. The van der Waals surface area contributed by atoms with E-state index in [1.54, 1.807) is 25.4 Å². The second-order valence-corrected chi connectivity index (χ2v) is 4.96. The normalized spacial score (nSPS) is 10.6. The van der Waals surface area contributed by atoms with Crippen molar-refractivity contribution in [3.8, 4) is 5.13 Å². The highest BCUT2D eigenvalue weighted by molar-refractivity contribution is 7.12. The van der Waals surface area contributed by atoms with Gasteiger partial charge >= 0.3 is 11.7 Å². The first kappa shape index (κ1) is 13.4. The summed E-state index contributed by atoms with van der Waals surface area (Å²) in [5.41, 5.74) is 1.69. The van der Waals surface area contributed by atoms with Crippen molar-refractivity contribution in [1.82, 2.24) is 14.5 Å². The molecule has 0 radical (unpaired) electrons. The van der Waals surface area contributed by atoms with E-state index in [0.29, 0.717) is 22.9 Å². The molecule has 0 bridgehead atoms. The number of carboxylic acids is 1. The number of hydrogen-bond acceptors (Lipinski definition) is 5. The van der Waals surface area contributed by atoms with Gasteiger partial charge in [0.25, 0.3) is 0 Å². The number of aromatic nitrogens is 3. The van der Waals surface area contributed by atoms with Crippen LogP contribution in [-0.2, 0) is 11.2 Å². The monoisotopic (exact) mass is 279 g/mol. The molecule has 1 N–H and O–H groups in total. The molecule has 19 heavy (non-hydrogen) atoms. The first-order chi connectivity index (χ1) is 9.00. The Labute approximate surface area is 113 Å². The van der Waals surface area contributed by atoms with Crippen molar-refractivity contribution in [3.63, 3.8) is 0 Å². The number of carbonyl (C=O) groups is 1. The molecule has 0 fully saturated rings. The molecule has 0 aliphatic rings. The van der Waals surface area contributed by atoms with Gasteiger partial charge in [0.15, 0.2) is 5.13 Å². The molecule has 0 unspecified atom stereocenters. The molecular weight excluding hydrogens is 266 g/mol. The van der Waals surface area contributed by atoms with E-state index in [0.717, 1.165) is 5.56 Å². The molecule has 7 heteroatoms. The van der Waals surface area contributed by atoms with Crippen LogP contribution in [0.15, 0.2) is 16.4 Å². The van der Waals surface area contributed by atoms with Crippen molar-refractivity contribution in [2.45, 2.75) is 26.7 Å². The molecule has 0 aromatic carbocycles. The summed E-state index contributed by atoms with van der Waals surface area (Å²) >= 11 is 1.34. The van der Waals surface area contributed by atoms with Crippen molar-refractivity contribution < 1.29 is 9.90 Å². The maximum Gasteiger partial charge on any atom is 0.354 e. The van der Waals surface area contributed by atoms with E-state index in [2.05, 4.69) is 9.97 Å². The van der Waals surface area contributed by atoms with Crippen molar-refractivity contribution >= 4 is 17.3 Å². The van der Waals surface area contributed by atoms with Crippen LogP contribution in [0.3, 0.4) is 0 Å². The Balaban J connectivity index is 2.54. The number of aliphatic carboxylic acids is 1. The highest BCUT2D eigenvalue weighted by Gasteiger charge is 2.14. The van der Waals surface area contributed by atoms with Crippen LogP contribution >= 0.6 is 11.3 Å². The molecule has 2 aromatic heterocycles. The fraction of sp³-hybridized carbons (Fsp3) is 0.333. The summed E-state index contributed by atoms with van der Waals surface area (Å²) in [6.45, 7) is 3.51. The van der Waals surface area contributed by atoms with Gasteiger partial charge in [-0.15, -0.1) is 11.3 Å². The van der Waals surface area contributed by atoms with E-state index in [9.17, 15) is 9.59 Å². The smallest absolute Gasteiger partial charge is 0.354 e. The van der Waals surface area contributed by atoms with Crippen LogP contribution < -0.4 is 5.69 Å². The number of aryl methyl sites for hydroxylation is 1. The Morgan fingerprint density at radius 1 is 1.47 bits per heavy atom. The van der Waals surface area contributed by atoms with Gasteiger partial charge in [0, 0.05) is 29.4 Å². The molecule has 0 saturated carbocycles. The lowest BCUT2D eigenvalue weighted by Gasteiger charge is -2.12. The Kier molecular flexibility index (Phi) is 3.75. The van der Waals surface area contributed by atoms with E-state index in [1.165, 1.54) is 15.9 Å². The van der Waals surface area contributed by atoms with E-state index in [4.69, 9.17) is 5.11 Å². The summed E-state index contributed by atoms with van der Waals surface area (Å²) in [6, 6.07) is 0. The van der Waals surface area contributed by atoms with Crippen molar-refractivity contribution in [3.05, 3.63) is 39.0 Å². The van der Waals surface area contributed by atoms with Gasteiger partial charge in [0.2, 0.25) is 0 Å². The average molecular weight is 279 g/mol. The van der Waals surface area contributed by atoms with Gasteiger partial charge in [0.05, 0.1) is 0 Å². The highest BCUT2D eigenvalue weighted by Crippen LogP contribution is 2.17. The lowest BCUT2D eigenvalue weighted by atomic mass is 10.1. The molecule has 0 atom stereocenters. The van der Waals surface area contributed by atoms with E-state index in [-0.39, 0.29) is 12.1 Å². The topological polar surface area (TPSA) is 85.1 Å². The largest absolute Gasteiger partial charge is 0.481 e. The summed E-state index contributed by atoms with van der Waals surface area (Å²) in [7, 11) is 0. The predicted molar refractivity (Wildman–Crippen MR) is 70.9 cm³/mol. The Hall–Kier alpha value is -2.02. The standard InChI is InChI=1S/C12H13N3O3S/c1-7-9(3-4-10(16)17)8(2)15(11(18)14-7)12-13-5-6-19-12/h5-6H,3-4H2,1-2H3,(H,16,17). The summed E-state index contributed by atoms with van der Waals surface area (Å²) in [4.78, 5) is 30.7. The molecule has 0 amide bonds. The molecule has 6 nitrogen and oxygen atoms in total. The zero-order valence-electron chi connectivity index (χ0n) is 10.6. The van der Waals surface area contributed by atoms with E-state index >= 15 is 0 Å². The molecule has 2 heterocycles. The third-order valence-corrected chi connectivity index (χ3v) is 3.62. The van der Waals surface area contributed by atoms with Gasteiger partial charge in [-0.3, -0.25) is 4.79 Å². The van der Waals surface area contributed by atoms with Gasteiger partial charge in [-0.05, 0) is 25.8 Å². The summed E-state index contributed by atoms with van der Waals surface area (Å²) < 4.78 is 1.43. The van der Waals surface area contributed by atoms with Crippen molar-refractivity contribution in [2.75, 3.05) is 0 Å². The maximum absolute atomic E-state index is 12.0. The first-order valence-corrected chi connectivity index (χ1v) is 6.59. The number of rotatable bonds is 4. The minimum Gasteiger partial charge on any atom is -0.481 e. The molecule has 0 spiro atoms. The number of thiazole rings is 1. The van der Waals surface area contributed by atoms with Gasteiger partial charge < -0.3 is 5.11 Å². The fourth-order valence-corrected chi connectivity index (χ4v) is 2.63. The van der Waals surface area contributed by atoms with Crippen LogP contribution in [0, 0.1) is 13.8 Å². The highest BCUT2D eigenvalue weighted by atomic mass is 32.1. The first-order valence-electron chi connectivity index (χ1n) is 5.71. The van der Waals surface area contributed by atoms with Gasteiger partial charge in [-0.25, -0.2) is 14.3 Å². The SMILES string of the molecule is Cc1nc(=O)n(-c2nccs2)c(C)c1CCC(=O)O. The zero-order chi connectivity index (χ0) is 14.0. The van der Waals surface area contributed by atoms with Crippen LogP contribution in [0.1, 0.15) is 23.4 Å². The number of nitrogens with zero attached hydrogens (tertiary/aromatic N) is 3. The molecule has 2 rings (SSSR count). The third kappa shape index (κ3) is 2.70. The third-order valence-electron chi connectivity index (χ3n) is 2.86. The van der Waals surface area contributed by atoms with Crippen LogP contribution in [0.2, 0.25) is 0 Å².